The van der Waals surface area contributed by atoms with E-state index >= 15 is 0 Å². The van der Waals surface area contributed by atoms with Crippen LogP contribution in [-0.2, 0) is 0 Å². The van der Waals surface area contributed by atoms with E-state index in [1.165, 1.54) is 0 Å². The fourth-order valence-electron chi connectivity index (χ4n) is 3.47. The molecule has 5 nitrogen and oxygen atoms in total. The lowest BCUT2D eigenvalue weighted by molar-refractivity contribution is -0.0911. The van der Waals surface area contributed by atoms with Crippen molar-refractivity contribution < 1.29 is 14.6 Å². The van der Waals surface area contributed by atoms with Crippen molar-refractivity contribution in [1.29, 1.82) is 0 Å². The van der Waals surface area contributed by atoms with E-state index in [2.05, 4.69) is 22.0 Å². The van der Waals surface area contributed by atoms with Crippen molar-refractivity contribution in [2.75, 3.05) is 7.11 Å². The van der Waals surface area contributed by atoms with Crippen molar-refractivity contribution in [2.45, 2.75) is 32.0 Å². The lowest BCUT2D eigenvalue weighted by Crippen LogP contribution is -2.48. The molecule has 2 heterocycles. The summed E-state index contributed by atoms with van der Waals surface area (Å²) in [5, 5.41) is 17.1. The van der Waals surface area contributed by atoms with Gasteiger partial charge in [0.2, 0.25) is 0 Å². The maximum atomic E-state index is 10.3. The Morgan fingerprint density at radius 3 is 2.84 bits per heavy atom. The van der Waals surface area contributed by atoms with Gasteiger partial charge < -0.3 is 14.6 Å². The van der Waals surface area contributed by atoms with Crippen LogP contribution in [0.3, 0.4) is 0 Å². The number of phenols is 1. The molecule has 6 heteroatoms. The van der Waals surface area contributed by atoms with Gasteiger partial charge in [0.05, 0.1) is 18.9 Å². The minimum atomic E-state index is -0.568. The molecule has 0 saturated heterocycles. The molecule has 0 fully saturated rings. The van der Waals surface area contributed by atoms with Crippen LogP contribution in [0.1, 0.15) is 37.4 Å². The summed E-state index contributed by atoms with van der Waals surface area (Å²) in [6.45, 7) is 4.01. The molecule has 0 unspecified atom stereocenters. The second-order valence-corrected chi connectivity index (χ2v) is 7.64. The first-order valence-electron chi connectivity index (χ1n) is 8.12. The Hall–Kier alpha value is -2.21. The number of aromatic hydroxyl groups is 1. The molecule has 2 aromatic carbocycles. The Kier molecular flexibility index (Phi) is 3.68. The molecule has 4 rings (SSSR count). The van der Waals surface area contributed by atoms with Gasteiger partial charge in [0.1, 0.15) is 17.2 Å². The van der Waals surface area contributed by atoms with Crippen LogP contribution in [0.25, 0.3) is 0 Å². The predicted molar refractivity (Wildman–Crippen MR) is 99.2 cm³/mol. The predicted octanol–water partition coefficient (Wildman–Crippen LogP) is 4.44. The number of fused-ring (bicyclic) bond motifs is 3. The Morgan fingerprint density at radius 2 is 2.08 bits per heavy atom. The molecule has 0 aromatic heterocycles. The Morgan fingerprint density at radius 1 is 1.28 bits per heavy atom. The molecule has 2 aromatic rings. The first-order valence-corrected chi connectivity index (χ1v) is 8.91. The highest BCUT2D eigenvalue weighted by Gasteiger charge is 2.45. The van der Waals surface area contributed by atoms with E-state index in [-0.39, 0.29) is 11.8 Å². The largest absolute Gasteiger partial charge is 0.507 e. The number of phenolic OH excluding ortho intramolecular Hbond substituents is 1. The third-order valence-corrected chi connectivity index (χ3v) is 5.16. The highest BCUT2D eigenvalue weighted by atomic mass is 79.9. The first kappa shape index (κ1) is 16.3. The van der Waals surface area contributed by atoms with Crippen LogP contribution in [0.5, 0.6) is 17.2 Å². The molecular formula is C19H19BrN2O3. The van der Waals surface area contributed by atoms with Gasteiger partial charge in [-0.3, -0.25) is 0 Å². The summed E-state index contributed by atoms with van der Waals surface area (Å²) in [4.78, 5) is 0. The molecule has 0 saturated carbocycles. The fourth-order valence-corrected chi connectivity index (χ4v) is 3.85. The summed E-state index contributed by atoms with van der Waals surface area (Å²) in [5.74, 6) is 1.77. The van der Waals surface area contributed by atoms with Crippen molar-refractivity contribution in [2.24, 2.45) is 5.10 Å². The van der Waals surface area contributed by atoms with Gasteiger partial charge in [-0.2, -0.15) is 5.10 Å². The van der Waals surface area contributed by atoms with Crippen LogP contribution in [0, 0.1) is 0 Å². The van der Waals surface area contributed by atoms with Gasteiger partial charge in [-0.15, -0.1) is 0 Å². The average molecular weight is 403 g/mol. The van der Waals surface area contributed by atoms with Gasteiger partial charge in [0, 0.05) is 22.0 Å². The molecule has 25 heavy (non-hydrogen) atoms. The fraction of sp³-hybridized carbons (Fsp3) is 0.316. The van der Waals surface area contributed by atoms with Crippen molar-refractivity contribution in [1.82, 2.24) is 5.01 Å². The minimum absolute atomic E-state index is 0.0665. The normalized spacial score (nSPS) is 20.4. The maximum Gasteiger partial charge on any atom is 0.192 e. The minimum Gasteiger partial charge on any atom is -0.507 e. The van der Waals surface area contributed by atoms with Gasteiger partial charge in [-0.25, -0.2) is 5.01 Å². The van der Waals surface area contributed by atoms with Crippen molar-refractivity contribution >= 4 is 21.6 Å². The van der Waals surface area contributed by atoms with E-state index in [0.29, 0.717) is 17.7 Å². The van der Waals surface area contributed by atoms with E-state index < -0.39 is 5.72 Å². The molecule has 0 spiro atoms. The van der Waals surface area contributed by atoms with Crippen molar-refractivity contribution in [3.05, 3.63) is 52.0 Å². The van der Waals surface area contributed by atoms with E-state index in [1.54, 1.807) is 19.2 Å². The van der Waals surface area contributed by atoms with E-state index in [4.69, 9.17) is 14.6 Å². The summed E-state index contributed by atoms with van der Waals surface area (Å²) < 4.78 is 12.5. The monoisotopic (exact) mass is 402 g/mol. The van der Waals surface area contributed by atoms with Gasteiger partial charge in [0.15, 0.2) is 5.72 Å². The van der Waals surface area contributed by atoms with E-state index in [0.717, 1.165) is 21.5 Å². The van der Waals surface area contributed by atoms with Crippen LogP contribution in [0.4, 0.5) is 0 Å². The molecule has 2 aliphatic rings. The standard InChI is InChI=1S/C19H19BrN2O3/c1-19(2)22-16(14-8-11(20)4-7-18(14)25-19)10-15(21-22)13-9-12(24-3)5-6-17(13)23/h4-9,16,23H,10H2,1-3H3/t16-/m1/s1. The van der Waals surface area contributed by atoms with Crippen LogP contribution in [-0.4, -0.2) is 28.7 Å². The molecule has 0 radical (unpaired) electrons. The topological polar surface area (TPSA) is 54.3 Å². The Bertz CT molecular complexity index is 879. The number of hydrogen-bond donors (Lipinski definition) is 1. The van der Waals surface area contributed by atoms with Crippen molar-refractivity contribution in [3.8, 4) is 17.2 Å². The molecule has 0 amide bonds. The quantitative estimate of drug-likeness (QED) is 0.806. The smallest absolute Gasteiger partial charge is 0.192 e. The average Bonchev–Trinajstić information content (AvgIpc) is 3.02. The molecule has 130 valence electrons. The number of methoxy groups -OCH3 is 1. The number of halogens is 1. The van der Waals surface area contributed by atoms with Crippen molar-refractivity contribution in [3.63, 3.8) is 0 Å². The van der Waals surface area contributed by atoms with E-state index in [9.17, 15) is 5.11 Å². The van der Waals surface area contributed by atoms with Gasteiger partial charge in [-0.1, -0.05) is 15.9 Å². The highest BCUT2D eigenvalue weighted by molar-refractivity contribution is 9.10. The number of hydrazone groups is 1. The number of hydrogen-bond acceptors (Lipinski definition) is 5. The summed E-state index contributed by atoms with van der Waals surface area (Å²) in [7, 11) is 1.61. The number of nitrogens with zero attached hydrogens (tertiary/aromatic N) is 2. The summed E-state index contributed by atoms with van der Waals surface area (Å²) in [6, 6.07) is 11.3. The third-order valence-electron chi connectivity index (χ3n) is 4.67. The Balaban J connectivity index is 1.79. The summed E-state index contributed by atoms with van der Waals surface area (Å²) in [6.07, 6.45) is 0.691. The molecule has 1 N–H and O–H groups in total. The number of benzene rings is 2. The highest BCUT2D eigenvalue weighted by Crippen LogP contribution is 2.47. The zero-order valence-electron chi connectivity index (χ0n) is 14.3. The third kappa shape index (κ3) is 2.65. The molecule has 1 atom stereocenters. The summed E-state index contributed by atoms with van der Waals surface area (Å²) in [5.41, 5.74) is 2.05. The Labute approximate surface area is 155 Å². The van der Waals surface area contributed by atoms with Crippen LogP contribution >= 0.6 is 15.9 Å². The molecule has 0 bridgehead atoms. The zero-order chi connectivity index (χ0) is 17.8. The van der Waals surface area contributed by atoms with E-state index in [1.807, 2.05) is 37.1 Å². The second kappa shape index (κ2) is 5.66. The zero-order valence-corrected chi connectivity index (χ0v) is 15.9. The SMILES string of the molecule is COc1ccc(O)c(C2=NN3[C@H](C2)c2cc(Br)ccc2OC3(C)C)c1. The van der Waals surface area contributed by atoms with Gasteiger partial charge in [-0.05, 0) is 50.2 Å². The maximum absolute atomic E-state index is 10.3. The molecular weight excluding hydrogens is 384 g/mol. The lowest BCUT2D eigenvalue weighted by Gasteiger charge is -2.43. The second-order valence-electron chi connectivity index (χ2n) is 6.73. The molecule has 2 aliphatic heterocycles. The van der Waals surface area contributed by atoms with Crippen LogP contribution < -0.4 is 9.47 Å². The lowest BCUT2D eigenvalue weighted by atomic mass is 9.95. The van der Waals surface area contributed by atoms with Gasteiger partial charge in [0.25, 0.3) is 0 Å². The number of ether oxygens (including phenoxy) is 2. The molecule has 0 aliphatic carbocycles. The van der Waals surface area contributed by atoms with Gasteiger partial charge >= 0.3 is 0 Å². The summed E-state index contributed by atoms with van der Waals surface area (Å²) >= 11 is 3.54. The van der Waals surface area contributed by atoms with Crippen LogP contribution in [0.15, 0.2) is 46.0 Å². The number of rotatable bonds is 2. The van der Waals surface area contributed by atoms with Crippen LogP contribution in [0.2, 0.25) is 0 Å². The first-order chi connectivity index (χ1) is 11.9.